The topological polar surface area (TPSA) is 149 Å². The second-order valence-corrected chi connectivity index (χ2v) is 21.1. The standard InChI is InChI=1S/C61H115NO8/c1-3-5-7-9-11-13-15-17-19-21-23-25-27-29-30-32-34-36-38-40-42-44-46-48-50-55(64)54(53-69-61-60(68)59(67)58(66)56(52-63)70-61)62-57(65)51-49-47-45-43-41-39-37-35-33-31-28-26-24-22-20-18-16-14-12-10-8-6-4-2/h22,24,40,42,48,50,54-56,58-61,63-64,66-68H,3-21,23,25-39,41,43-47,49,51-53H2,1-2H3,(H,62,65)/b24-22-,42-40+,50-48+. The van der Waals surface area contributed by atoms with Crippen LogP contribution in [-0.4, -0.2) is 87.5 Å². The molecule has 0 saturated carbocycles. The van der Waals surface area contributed by atoms with Crippen molar-refractivity contribution in [2.45, 2.75) is 333 Å². The van der Waals surface area contributed by atoms with E-state index < -0.39 is 49.5 Å². The van der Waals surface area contributed by atoms with Crippen LogP contribution in [0.25, 0.3) is 0 Å². The molecule has 1 amide bonds. The lowest BCUT2D eigenvalue weighted by atomic mass is 9.99. The van der Waals surface area contributed by atoms with Gasteiger partial charge in [-0.25, -0.2) is 0 Å². The quantitative estimate of drug-likeness (QED) is 0.0261. The van der Waals surface area contributed by atoms with E-state index >= 15 is 0 Å². The van der Waals surface area contributed by atoms with E-state index in [0.29, 0.717) is 6.42 Å². The van der Waals surface area contributed by atoms with E-state index in [4.69, 9.17) is 9.47 Å². The van der Waals surface area contributed by atoms with Gasteiger partial charge in [-0.2, -0.15) is 0 Å². The van der Waals surface area contributed by atoms with Gasteiger partial charge in [-0.15, -0.1) is 0 Å². The van der Waals surface area contributed by atoms with Crippen LogP contribution in [0.1, 0.15) is 290 Å². The normalized spacial score (nSPS) is 19.6. The summed E-state index contributed by atoms with van der Waals surface area (Å²) in [6.45, 7) is 3.80. The molecule has 1 aliphatic rings. The van der Waals surface area contributed by atoms with Gasteiger partial charge in [0.2, 0.25) is 5.91 Å². The Morgan fingerprint density at radius 3 is 1.20 bits per heavy atom. The van der Waals surface area contributed by atoms with Crippen LogP contribution in [0.3, 0.4) is 0 Å². The Kier molecular flexibility index (Phi) is 48.3. The number of rotatable bonds is 52. The van der Waals surface area contributed by atoms with Gasteiger partial charge in [0.25, 0.3) is 0 Å². The molecule has 0 aromatic rings. The van der Waals surface area contributed by atoms with Crippen molar-refractivity contribution in [2.24, 2.45) is 0 Å². The van der Waals surface area contributed by atoms with Crippen molar-refractivity contribution in [2.75, 3.05) is 13.2 Å². The first-order valence-electron chi connectivity index (χ1n) is 30.2. The zero-order valence-corrected chi connectivity index (χ0v) is 45.8. The fourth-order valence-corrected chi connectivity index (χ4v) is 9.64. The van der Waals surface area contributed by atoms with Gasteiger partial charge < -0.3 is 40.3 Å². The van der Waals surface area contributed by atoms with Crippen LogP contribution in [0.4, 0.5) is 0 Å². The number of aliphatic hydroxyl groups is 5. The lowest BCUT2D eigenvalue weighted by Gasteiger charge is -2.40. The molecule has 1 heterocycles. The number of carbonyl (C=O) groups is 1. The Hall–Kier alpha value is -1.59. The number of unbranched alkanes of at least 4 members (excludes halogenated alkanes) is 38. The maximum atomic E-state index is 13.1. The molecule has 0 bridgehead atoms. The third-order valence-electron chi connectivity index (χ3n) is 14.4. The lowest BCUT2D eigenvalue weighted by molar-refractivity contribution is -0.302. The third-order valence-corrected chi connectivity index (χ3v) is 14.4. The zero-order valence-electron chi connectivity index (χ0n) is 45.8. The number of allylic oxidation sites excluding steroid dienone is 5. The minimum absolute atomic E-state index is 0.184. The fraction of sp³-hybridized carbons (Fsp3) is 0.885. The van der Waals surface area contributed by atoms with Gasteiger partial charge in [-0.05, 0) is 57.8 Å². The monoisotopic (exact) mass is 990 g/mol. The molecule has 7 unspecified atom stereocenters. The van der Waals surface area contributed by atoms with Crippen LogP contribution >= 0.6 is 0 Å². The van der Waals surface area contributed by atoms with Crippen molar-refractivity contribution in [3.63, 3.8) is 0 Å². The van der Waals surface area contributed by atoms with E-state index in [2.05, 4.69) is 43.5 Å². The van der Waals surface area contributed by atoms with Crippen molar-refractivity contribution in [1.82, 2.24) is 5.32 Å². The lowest BCUT2D eigenvalue weighted by Crippen LogP contribution is -2.60. The van der Waals surface area contributed by atoms with Gasteiger partial charge >= 0.3 is 0 Å². The second-order valence-electron chi connectivity index (χ2n) is 21.1. The Balaban J connectivity index is 2.23. The molecule has 0 spiro atoms. The number of carbonyl (C=O) groups excluding carboxylic acids is 1. The summed E-state index contributed by atoms with van der Waals surface area (Å²) in [5.41, 5.74) is 0. The largest absolute Gasteiger partial charge is 0.394 e. The molecule has 0 aliphatic carbocycles. The fourth-order valence-electron chi connectivity index (χ4n) is 9.64. The number of nitrogens with one attached hydrogen (secondary N) is 1. The molecule has 1 fully saturated rings. The first-order valence-corrected chi connectivity index (χ1v) is 30.2. The molecule has 6 N–H and O–H groups in total. The van der Waals surface area contributed by atoms with Gasteiger partial charge in [-0.3, -0.25) is 4.79 Å². The predicted molar refractivity (Wildman–Crippen MR) is 295 cm³/mol. The maximum absolute atomic E-state index is 13.1. The van der Waals surface area contributed by atoms with Crippen LogP contribution < -0.4 is 5.32 Å². The van der Waals surface area contributed by atoms with E-state index in [0.717, 1.165) is 38.5 Å². The SMILES string of the molecule is CCCCCCCCCC/C=C\CCCCCCCCCCCCCC(=O)NC(COC1OC(CO)C(O)C(O)C1O)C(O)/C=C/CC/C=C/CCCCCCCCCCCCCCCCCCCC. The van der Waals surface area contributed by atoms with Gasteiger partial charge in [0.15, 0.2) is 6.29 Å². The Morgan fingerprint density at radius 2 is 0.814 bits per heavy atom. The summed E-state index contributed by atoms with van der Waals surface area (Å²) in [4.78, 5) is 13.1. The number of hydrogen-bond acceptors (Lipinski definition) is 8. The van der Waals surface area contributed by atoms with Gasteiger partial charge in [0, 0.05) is 6.42 Å². The number of aliphatic hydroxyl groups excluding tert-OH is 5. The first kappa shape index (κ1) is 66.4. The number of ether oxygens (including phenoxy) is 2. The van der Waals surface area contributed by atoms with Crippen molar-refractivity contribution >= 4 is 5.91 Å². The molecule has 70 heavy (non-hydrogen) atoms. The molecule has 7 atom stereocenters. The second kappa shape index (κ2) is 50.9. The molecular formula is C61H115NO8. The molecule has 412 valence electrons. The highest BCUT2D eigenvalue weighted by Crippen LogP contribution is 2.23. The van der Waals surface area contributed by atoms with Crippen LogP contribution in [-0.2, 0) is 14.3 Å². The number of amides is 1. The van der Waals surface area contributed by atoms with Gasteiger partial charge in [0.05, 0.1) is 25.4 Å². The predicted octanol–water partition coefficient (Wildman–Crippen LogP) is 15.1. The highest BCUT2D eigenvalue weighted by molar-refractivity contribution is 5.76. The van der Waals surface area contributed by atoms with Crippen LogP contribution in [0.5, 0.6) is 0 Å². The minimum atomic E-state index is -1.57. The molecular weight excluding hydrogens is 875 g/mol. The van der Waals surface area contributed by atoms with Crippen LogP contribution in [0.15, 0.2) is 36.5 Å². The summed E-state index contributed by atoms with van der Waals surface area (Å²) < 4.78 is 11.3. The Morgan fingerprint density at radius 1 is 0.471 bits per heavy atom. The Bertz CT molecular complexity index is 1190. The zero-order chi connectivity index (χ0) is 50.8. The number of hydrogen-bond donors (Lipinski definition) is 6. The molecule has 1 aliphatic heterocycles. The van der Waals surface area contributed by atoms with E-state index in [1.165, 1.54) is 231 Å². The average Bonchev–Trinajstić information content (AvgIpc) is 3.36. The molecule has 1 rings (SSSR count). The molecule has 0 aromatic heterocycles. The van der Waals surface area contributed by atoms with E-state index in [9.17, 15) is 30.3 Å². The Labute approximate surface area is 431 Å². The summed E-state index contributed by atoms with van der Waals surface area (Å²) in [7, 11) is 0. The average molecular weight is 991 g/mol. The van der Waals surface area contributed by atoms with Gasteiger partial charge in [0.1, 0.15) is 24.4 Å². The molecule has 9 nitrogen and oxygen atoms in total. The summed E-state index contributed by atoms with van der Waals surface area (Å²) in [5.74, 6) is -0.184. The van der Waals surface area contributed by atoms with Crippen LogP contribution in [0, 0.1) is 0 Å². The molecule has 0 aromatic carbocycles. The van der Waals surface area contributed by atoms with Crippen LogP contribution in [0.2, 0.25) is 0 Å². The highest BCUT2D eigenvalue weighted by Gasteiger charge is 2.44. The molecule has 0 radical (unpaired) electrons. The summed E-state index contributed by atoms with van der Waals surface area (Å²) >= 11 is 0. The van der Waals surface area contributed by atoms with E-state index in [1.54, 1.807) is 6.08 Å². The minimum Gasteiger partial charge on any atom is -0.394 e. The van der Waals surface area contributed by atoms with E-state index in [1.807, 2.05) is 6.08 Å². The van der Waals surface area contributed by atoms with Gasteiger partial charge in [-0.1, -0.05) is 262 Å². The first-order chi connectivity index (χ1) is 34.3. The molecule has 9 heteroatoms. The van der Waals surface area contributed by atoms with Crippen molar-refractivity contribution in [3.05, 3.63) is 36.5 Å². The summed E-state index contributed by atoms with van der Waals surface area (Å²) in [5, 5.41) is 54.5. The maximum Gasteiger partial charge on any atom is 0.220 e. The van der Waals surface area contributed by atoms with Crippen molar-refractivity contribution < 1.29 is 39.8 Å². The molecule has 1 saturated heterocycles. The smallest absolute Gasteiger partial charge is 0.220 e. The summed E-state index contributed by atoms with van der Waals surface area (Å²) in [6, 6.07) is -0.822. The third kappa shape index (κ3) is 39.9. The summed E-state index contributed by atoms with van der Waals surface area (Å²) in [6.07, 6.45) is 59.3. The van der Waals surface area contributed by atoms with Crippen molar-refractivity contribution in [1.29, 1.82) is 0 Å². The van der Waals surface area contributed by atoms with E-state index in [-0.39, 0.29) is 12.5 Å². The van der Waals surface area contributed by atoms with Crippen molar-refractivity contribution in [3.8, 4) is 0 Å². The highest BCUT2D eigenvalue weighted by atomic mass is 16.7.